The molecule has 0 fully saturated rings. The average Bonchev–Trinajstić information content (AvgIpc) is 2.65. The highest BCUT2D eigenvalue weighted by Gasteiger charge is 2.38. The molecule has 1 atom stereocenters. The monoisotopic (exact) mass is 335 g/mol. The number of hydrazone groups is 1. The Morgan fingerprint density at radius 2 is 2.16 bits per heavy atom. The van der Waals surface area contributed by atoms with Gasteiger partial charge in [0.1, 0.15) is 11.7 Å². The van der Waals surface area contributed by atoms with Crippen molar-refractivity contribution in [3.8, 4) is 0 Å². The van der Waals surface area contributed by atoms with Gasteiger partial charge < -0.3 is 0 Å². The SMILES string of the molecule is CC1=NN(c2ccc(Br)cc2F)C(C=O)N1C(F)F. The Balaban J connectivity index is 2.42. The Morgan fingerprint density at radius 1 is 1.47 bits per heavy atom. The molecule has 0 radical (unpaired) electrons. The van der Waals surface area contributed by atoms with Crippen molar-refractivity contribution in [3.05, 3.63) is 28.5 Å². The van der Waals surface area contributed by atoms with E-state index in [4.69, 9.17) is 0 Å². The number of amidine groups is 1. The lowest BCUT2D eigenvalue weighted by Crippen LogP contribution is -2.45. The molecule has 102 valence electrons. The van der Waals surface area contributed by atoms with Crippen LogP contribution in [-0.4, -0.2) is 29.7 Å². The number of hydrogen-bond acceptors (Lipinski definition) is 4. The molecular formula is C11H9BrF3N3O. The number of alkyl halides is 2. The molecule has 1 aromatic rings. The molecule has 1 aliphatic rings. The van der Waals surface area contributed by atoms with E-state index in [2.05, 4.69) is 21.0 Å². The van der Waals surface area contributed by atoms with Crippen LogP contribution < -0.4 is 5.01 Å². The number of carbonyl (C=O) groups is 1. The third-order valence-corrected chi connectivity index (χ3v) is 3.14. The van der Waals surface area contributed by atoms with Crippen LogP contribution in [0.25, 0.3) is 0 Å². The Labute approximate surface area is 115 Å². The molecule has 2 rings (SSSR count). The van der Waals surface area contributed by atoms with Crippen LogP contribution in [0.1, 0.15) is 6.92 Å². The number of halogens is 4. The van der Waals surface area contributed by atoms with Crippen LogP contribution in [0.4, 0.5) is 18.9 Å². The van der Waals surface area contributed by atoms with Gasteiger partial charge in [-0.2, -0.15) is 13.9 Å². The minimum Gasteiger partial charge on any atom is -0.299 e. The summed E-state index contributed by atoms with van der Waals surface area (Å²) in [6.45, 7) is -1.55. The van der Waals surface area contributed by atoms with Gasteiger partial charge in [-0.05, 0) is 25.1 Å². The van der Waals surface area contributed by atoms with Gasteiger partial charge in [0.2, 0.25) is 0 Å². The molecule has 0 saturated heterocycles. The predicted molar refractivity (Wildman–Crippen MR) is 67.4 cm³/mol. The van der Waals surface area contributed by atoms with Crippen LogP contribution in [0, 0.1) is 5.82 Å². The summed E-state index contributed by atoms with van der Waals surface area (Å²) in [5.74, 6) is -0.705. The van der Waals surface area contributed by atoms with Crippen LogP contribution in [-0.2, 0) is 4.79 Å². The number of hydrogen-bond donors (Lipinski definition) is 0. The van der Waals surface area contributed by atoms with E-state index in [1.807, 2.05) is 0 Å². The van der Waals surface area contributed by atoms with Crippen molar-refractivity contribution in [1.82, 2.24) is 4.90 Å². The van der Waals surface area contributed by atoms with Gasteiger partial charge in [-0.25, -0.2) is 9.40 Å². The highest BCUT2D eigenvalue weighted by Crippen LogP contribution is 2.30. The quantitative estimate of drug-likeness (QED) is 0.629. The molecule has 4 nitrogen and oxygen atoms in total. The molecule has 0 saturated carbocycles. The highest BCUT2D eigenvalue weighted by atomic mass is 79.9. The molecule has 1 heterocycles. The Morgan fingerprint density at radius 3 is 2.68 bits per heavy atom. The molecule has 0 aromatic heterocycles. The summed E-state index contributed by atoms with van der Waals surface area (Å²) in [4.78, 5) is 11.5. The second kappa shape index (κ2) is 5.20. The molecule has 1 aromatic carbocycles. The fourth-order valence-corrected chi connectivity index (χ4v) is 2.15. The third kappa shape index (κ3) is 2.44. The van der Waals surface area contributed by atoms with E-state index in [0.717, 1.165) is 5.01 Å². The van der Waals surface area contributed by atoms with E-state index in [-0.39, 0.29) is 11.5 Å². The van der Waals surface area contributed by atoms with Gasteiger partial charge in [0.25, 0.3) is 0 Å². The molecule has 0 N–H and O–H groups in total. The van der Waals surface area contributed by atoms with Crippen molar-refractivity contribution in [2.45, 2.75) is 19.6 Å². The first-order valence-corrected chi connectivity index (χ1v) is 6.06. The number of aldehydes is 1. The van der Waals surface area contributed by atoms with Crippen LogP contribution in [0.3, 0.4) is 0 Å². The summed E-state index contributed by atoms with van der Waals surface area (Å²) < 4.78 is 40.0. The molecule has 0 bridgehead atoms. The molecule has 1 aliphatic heterocycles. The van der Waals surface area contributed by atoms with E-state index in [0.29, 0.717) is 15.7 Å². The number of anilines is 1. The Kier molecular flexibility index (Phi) is 3.79. The fraction of sp³-hybridized carbons (Fsp3) is 0.273. The Bertz CT molecular complexity index is 538. The standard InChI is InChI=1S/C11H9BrF3N3O/c1-6-16-18(10(5-19)17(6)11(14)15)9-3-2-7(12)4-8(9)13/h2-5,10-11H,1H3. The molecule has 0 aliphatic carbocycles. The minimum atomic E-state index is -2.89. The van der Waals surface area contributed by atoms with Gasteiger partial charge >= 0.3 is 6.55 Å². The van der Waals surface area contributed by atoms with Crippen molar-refractivity contribution in [1.29, 1.82) is 0 Å². The van der Waals surface area contributed by atoms with Gasteiger partial charge in [0.15, 0.2) is 12.5 Å². The van der Waals surface area contributed by atoms with E-state index < -0.39 is 18.5 Å². The topological polar surface area (TPSA) is 35.9 Å². The van der Waals surface area contributed by atoms with Crippen LogP contribution in [0.5, 0.6) is 0 Å². The molecule has 0 amide bonds. The van der Waals surface area contributed by atoms with Crippen LogP contribution >= 0.6 is 15.9 Å². The molecule has 8 heteroatoms. The van der Waals surface area contributed by atoms with Gasteiger partial charge in [-0.15, -0.1) is 0 Å². The van der Waals surface area contributed by atoms with Gasteiger partial charge in [-0.3, -0.25) is 9.69 Å². The van der Waals surface area contributed by atoms with E-state index in [9.17, 15) is 18.0 Å². The number of nitrogens with zero attached hydrogens (tertiary/aromatic N) is 3. The van der Waals surface area contributed by atoms with E-state index in [1.54, 1.807) is 0 Å². The summed E-state index contributed by atoms with van der Waals surface area (Å²) in [5.41, 5.74) is -0.0391. The summed E-state index contributed by atoms with van der Waals surface area (Å²) in [6, 6.07) is 4.07. The van der Waals surface area contributed by atoms with Crippen LogP contribution in [0.15, 0.2) is 27.8 Å². The average molecular weight is 336 g/mol. The summed E-state index contributed by atoms with van der Waals surface area (Å²) in [7, 11) is 0. The highest BCUT2D eigenvalue weighted by molar-refractivity contribution is 9.10. The predicted octanol–water partition coefficient (Wildman–Crippen LogP) is 2.79. The first kappa shape index (κ1) is 13.9. The molecule has 0 spiro atoms. The van der Waals surface area contributed by atoms with Crippen LogP contribution in [0.2, 0.25) is 0 Å². The summed E-state index contributed by atoms with van der Waals surface area (Å²) in [6.07, 6.45) is -1.05. The maximum atomic E-state index is 13.8. The largest absolute Gasteiger partial charge is 0.318 e. The third-order valence-electron chi connectivity index (χ3n) is 2.65. The maximum absolute atomic E-state index is 13.8. The molecule has 19 heavy (non-hydrogen) atoms. The van der Waals surface area contributed by atoms with Gasteiger partial charge in [0, 0.05) is 4.47 Å². The minimum absolute atomic E-state index is 0.0391. The smallest absolute Gasteiger partial charge is 0.299 e. The zero-order valence-corrected chi connectivity index (χ0v) is 11.3. The number of rotatable bonds is 3. The van der Waals surface area contributed by atoms with Crippen molar-refractivity contribution < 1.29 is 18.0 Å². The first-order valence-electron chi connectivity index (χ1n) is 5.27. The van der Waals surface area contributed by atoms with Crippen molar-refractivity contribution in [3.63, 3.8) is 0 Å². The lowest BCUT2D eigenvalue weighted by Gasteiger charge is -2.26. The van der Waals surface area contributed by atoms with Crippen molar-refractivity contribution in [2.24, 2.45) is 5.10 Å². The van der Waals surface area contributed by atoms with E-state index in [1.165, 1.54) is 25.1 Å². The fourth-order valence-electron chi connectivity index (χ4n) is 1.82. The number of carbonyl (C=O) groups excluding carboxylic acids is 1. The Hall–Kier alpha value is -1.57. The molecule has 1 unspecified atom stereocenters. The van der Waals surface area contributed by atoms with Crippen molar-refractivity contribution >= 4 is 33.7 Å². The van der Waals surface area contributed by atoms with Crippen molar-refractivity contribution in [2.75, 3.05) is 5.01 Å². The maximum Gasteiger partial charge on any atom is 0.318 e. The second-order valence-electron chi connectivity index (χ2n) is 3.82. The molecular weight excluding hydrogens is 327 g/mol. The zero-order valence-electron chi connectivity index (χ0n) is 9.73. The van der Waals surface area contributed by atoms with Gasteiger partial charge in [-0.1, -0.05) is 15.9 Å². The lowest BCUT2D eigenvalue weighted by atomic mass is 10.3. The van der Waals surface area contributed by atoms with E-state index >= 15 is 0 Å². The summed E-state index contributed by atoms with van der Waals surface area (Å²) >= 11 is 3.09. The normalized spacial score (nSPS) is 19.1. The summed E-state index contributed by atoms with van der Waals surface area (Å²) in [5, 5.41) is 4.75. The first-order chi connectivity index (χ1) is 8.95. The number of benzene rings is 1. The van der Waals surface area contributed by atoms with Gasteiger partial charge in [0.05, 0.1) is 5.69 Å². The second-order valence-corrected chi connectivity index (χ2v) is 4.74. The lowest BCUT2D eigenvalue weighted by molar-refractivity contribution is -0.114. The zero-order chi connectivity index (χ0) is 14.2.